The molecule has 0 spiro atoms. The third-order valence-corrected chi connectivity index (χ3v) is 14.2. The Hall–Kier alpha value is -8.00. The van der Waals surface area contributed by atoms with Crippen molar-refractivity contribution in [3.63, 3.8) is 0 Å². The Morgan fingerprint density at radius 2 is 0.677 bits per heavy atom. The lowest BCUT2D eigenvalue weighted by molar-refractivity contribution is 0.660. The smallest absolute Gasteiger partial charge is 0.0719 e. The molecule has 1 nitrogen and oxygen atoms in total. The van der Waals surface area contributed by atoms with E-state index < -0.39 is 5.41 Å². The van der Waals surface area contributed by atoms with Crippen molar-refractivity contribution >= 4 is 17.1 Å². The average molecular weight is 830 g/mol. The molecule has 65 heavy (non-hydrogen) atoms. The van der Waals surface area contributed by atoms with E-state index in [0.29, 0.717) is 0 Å². The molecule has 0 atom stereocenters. The third kappa shape index (κ3) is 6.15. The maximum absolute atomic E-state index is 2.42. The molecule has 0 saturated heterocycles. The highest BCUT2D eigenvalue weighted by Crippen LogP contribution is 2.58. The highest BCUT2D eigenvalue weighted by Gasteiger charge is 2.47. The number of benzene rings is 10. The van der Waals surface area contributed by atoms with Crippen LogP contribution < -0.4 is 4.90 Å². The van der Waals surface area contributed by atoms with Crippen LogP contribution in [0.5, 0.6) is 0 Å². The summed E-state index contributed by atoms with van der Waals surface area (Å²) in [5.41, 5.74) is 23.0. The molecular weight excluding hydrogens is 783 g/mol. The highest BCUT2D eigenvalue weighted by molar-refractivity contribution is 5.91. The van der Waals surface area contributed by atoms with Crippen LogP contribution in [0.25, 0.3) is 55.6 Å². The third-order valence-electron chi connectivity index (χ3n) is 14.2. The van der Waals surface area contributed by atoms with Gasteiger partial charge in [0, 0.05) is 22.5 Å². The SMILES string of the molecule is CC1(C)c2ccccc2-c2ccc(-c3cccc(N(c4ccc(-c5ccccc5)cc4)c4cccc(-c5ccccc5C5(c6ccccc6)c6ccccc6-c6ccccc65)c4)c3)cc21. The summed E-state index contributed by atoms with van der Waals surface area (Å²) in [6, 6.07) is 92.0. The summed E-state index contributed by atoms with van der Waals surface area (Å²) in [6.07, 6.45) is 0. The molecule has 0 fully saturated rings. The number of nitrogens with zero attached hydrogens (tertiary/aromatic N) is 1. The fourth-order valence-corrected chi connectivity index (χ4v) is 11.1. The van der Waals surface area contributed by atoms with Crippen LogP contribution in [0.3, 0.4) is 0 Å². The Morgan fingerprint density at radius 1 is 0.262 bits per heavy atom. The molecule has 0 saturated carbocycles. The normalized spacial score (nSPS) is 13.6. The van der Waals surface area contributed by atoms with Crippen molar-refractivity contribution in [2.45, 2.75) is 24.7 Å². The molecule has 0 amide bonds. The van der Waals surface area contributed by atoms with Gasteiger partial charge in [-0.05, 0) is 131 Å². The number of fused-ring (bicyclic) bond motifs is 6. The van der Waals surface area contributed by atoms with Crippen LogP contribution in [-0.2, 0) is 10.8 Å². The summed E-state index contributed by atoms with van der Waals surface area (Å²) in [5, 5.41) is 0. The molecule has 2 aliphatic rings. The second-order valence-electron chi connectivity index (χ2n) is 18.0. The predicted molar refractivity (Wildman–Crippen MR) is 272 cm³/mol. The van der Waals surface area contributed by atoms with Gasteiger partial charge in [-0.15, -0.1) is 0 Å². The van der Waals surface area contributed by atoms with Crippen molar-refractivity contribution in [1.82, 2.24) is 0 Å². The standard InChI is InChI=1S/C64H47N/c1-63(2)58-31-13-10-28-54(58)57-40-37-47(43-62(57)63)46-21-17-25-51(41-46)65(50-38-35-45(36-39-50)44-19-5-3-6-20-44)52-26-18-22-48(42-52)53-27-9-14-32-59(53)64(49-23-7-4-8-24-49)60-33-15-11-29-55(60)56-30-12-16-34-61(56)64/h3-43H,1-2H3. The van der Waals surface area contributed by atoms with Crippen molar-refractivity contribution in [3.8, 4) is 55.6 Å². The zero-order chi connectivity index (χ0) is 43.5. The van der Waals surface area contributed by atoms with Gasteiger partial charge in [0.1, 0.15) is 0 Å². The van der Waals surface area contributed by atoms with Crippen molar-refractivity contribution < 1.29 is 0 Å². The number of anilines is 3. The Bertz CT molecular complexity index is 3350. The molecule has 10 aromatic rings. The minimum absolute atomic E-state index is 0.0788. The molecular formula is C64H47N. The molecule has 0 aliphatic heterocycles. The van der Waals surface area contributed by atoms with Crippen LogP contribution in [0.15, 0.2) is 249 Å². The fraction of sp³-hybridized carbons (Fsp3) is 0.0625. The van der Waals surface area contributed by atoms with E-state index >= 15 is 0 Å². The fourth-order valence-electron chi connectivity index (χ4n) is 11.1. The van der Waals surface area contributed by atoms with Crippen LogP contribution in [0, 0.1) is 0 Å². The molecule has 10 aromatic carbocycles. The number of hydrogen-bond donors (Lipinski definition) is 0. The topological polar surface area (TPSA) is 3.24 Å². The van der Waals surface area contributed by atoms with E-state index in [9.17, 15) is 0 Å². The summed E-state index contributed by atoms with van der Waals surface area (Å²) in [6.45, 7) is 4.71. The Labute approximate surface area is 382 Å². The van der Waals surface area contributed by atoms with Crippen molar-refractivity contribution in [2.75, 3.05) is 4.90 Å². The minimum Gasteiger partial charge on any atom is -0.310 e. The summed E-state index contributed by atoms with van der Waals surface area (Å²) in [7, 11) is 0. The molecule has 0 heterocycles. The largest absolute Gasteiger partial charge is 0.310 e. The zero-order valence-corrected chi connectivity index (χ0v) is 36.6. The molecule has 0 unspecified atom stereocenters. The Balaban J connectivity index is 1.02. The second kappa shape index (κ2) is 15.4. The molecule has 1 heteroatoms. The van der Waals surface area contributed by atoms with E-state index in [-0.39, 0.29) is 5.41 Å². The van der Waals surface area contributed by atoms with Gasteiger partial charge in [0.25, 0.3) is 0 Å². The van der Waals surface area contributed by atoms with Crippen molar-refractivity contribution in [2.24, 2.45) is 0 Å². The lowest BCUT2D eigenvalue weighted by Gasteiger charge is -2.35. The van der Waals surface area contributed by atoms with Gasteiger partial charge >= 0.3 is 0 Å². The van der Waals surface area contributed by atoms with E-state index in [1.807, 2.05) is 0 Å². The molecule has 0 radical (unpaired) electrons. The first-order valence-electron chi connectivity index (χ1n) is 22.8. The van der Waals surface area contributed by atoms with Gasteiger partial charge in [-0.2, -0.15) is 0 Å². The van der Waals surface area contributed by atoms with E-state index in [4.69, 9.17) is 0 Å². The van der Waals surface area contributed by atoms with Crippen LogP contribution in [-0.4, -0.2) is 0 Å². The summed E-state index contributed by atoms with van der Waals surface area (Å²) >= 11 is 0. The van der Waals surface area contributed by atoms with Crippen LogP contribution in [0.4, 0.5) is 17.1 Å². The van der Waals surface area contributed by atoms with Gasteiger partial charge < -0.3 is 4.90 Å². The van der Waals surface area contributed by atoms with Gasteiger partial charge in [-0.1, -0.05) is 220 Å². The first-order chi connectivity index (χ1) is 32.0. The maximum atomic E-state index is 2.42. The van der Waals surface area contributed by atoms with Gasteiger partial charge in [-0.3, -0.25) is 0 Å². The molecule has 2 aliphatic carbocycles. The maximum Gasteiger partial charge on any atom is 0.0719 e. The summed E-state index contributed by atoms with van der Waals surface area (Å²) in [5.74, 6) is 0. The predicted octanol–water partition coefficient (Wildman–Crippen LogP) is 16.8. The minimum atomic E-state index is -0.520. The van der Waals surface area contributed by atoms with E-state index in [1.165, 1.54) is 83.5 Å². The van der Waals surface area contributed by atoms with E-state index in [2.05, 4.69) is 267 Å². The van der Waals surface area contributed by atoms with Crippen molar-refractivity contribution in [3.05, 3.63) is 282 Å². The summed E-state index contributed by atoms with van der Waals surface area (Å²) in [4.78, 5) is 2.42. The quantitative estimate of drug-likeness (QED) is 0.147. The van der Waals surface area contributed by atoms with Crippen LogP contribution >= 0.6 is 0 Å². The first-order valence-corrected chi connectivity index (χ1v) is 22.8. The molecule has 0 aromatic heterocycles. The van der Waals surface area contributed by atoms with E-state index in [0.717, 1.165) is 22.6 Å². The molecule has 12 rings (SSSR count). The first kappa shape index (κ1) is 38.7. The zero-order valence-electron chi connectivity index (χ0n) is 36.6. The molecule has 0 bridgehead atoms. The molecule has 308 valence electrons. The van der Waals surface area contributed by atoms with Crippen LogP contribution in [0.1, 0.15) is 47.2 Å². The summed E-state index contributed by atoms with van der Waals surface area (Å²) < 4.78 is 0. The van der Waals surface area contributed by atoms with Gasteiger partial charge in [-0.25, -0.2) is 0 Å². The lowest BCUT2D eigenvalue weighted by atomic mass is 9.66. The Morgan fingerprint density at radius 3 is 1.31 bits per heavy atom. The lowest BCUT2D eigenvalue weighted by Crippen LogP contribution is -2.29. The van der Waals surface area contributed by atoms with E-state index in [1.54, 1.807) is 0 Å². The van der Waals surface area contributed by atoms with Crippen molar-refractivity contribution in [1.29, 1.82) is 0 Å². The molecule has 0 N–H and O–H groups in total. The van der Waals surface area contributed by atoms with Gasteiger partial charge in [0.2, 0.25) is 0 Å². The second-order valence-corrected chi connectivity index (χ2v) is 18.0. The number of rotatable bonds is 8. The average Bonchev–Trinajstić information content (AvgIpc) is 3.80. The Kier molecular flexibility index (Phi) is 9.14. The van der Waals surface area contributed by atoms with Gasteiger partial charge in [0.15, 0.2) is 0 Å². The highest BCUT2D eigenvalue weighted by atomic mass is 15.1. The van der Waals surface area contributed by atoms with Gasteiger partial charge in [0.05, 0.1) is 5.41 Å². The number of hydrogen-bond acceptors (Lipinski definition) is 1. The van der Waals surface area contributed by atoms with Crippen LogP contribution in [0.2, 0.25) is 0 Å². The monoisotopic (exact) mass is 829 g/mol.